The van der Waals surface area contributed by atoms with Crippen LogP contribution < -0.4 is 0 Å². The van der Waals surface area contributed by atoms with Crippen LogP contribution >= 0.6 is 0 Å². The third-order valence-corrected chi connectivity index (χ3v) is 4.22. The normalized spacial score (nSPS) is 11.2. The number of hydrogen-bond acceptors (Lipinski definition) is 0. The molecule has 0 heterocycles. The Morgan fingerprint density at radius 2 is 1.10 bits per heavy atom. The number of fused-ring (bicyclic) bond motifs is 6. The summed E-state index contributed by atoms with van der Waals surface area (Å²) in [5.41, 5.74) is 1.35. The summed E-state index contributed by atoms with van der Waals surface area (Å²) in [5.74, 6) is 0. The van der Waals surface area contributed by atoms with E-state index < -0.39 is 0 Å². The minimum absolute atomic E-state index is 0.902. The van der Waals surface area contributed by atoms with Crippen molar-refractivity contribution in [3.63, 3.8) is 0 Å². The Morgan fingerprint density at radius 3 is 1.67 bits per heavy atom. The van der Waals surface area contributed by atoms with E-state index in [-0.39, 0.29) is 0 Å². The van der Waals surface area contributed by atoms with Crippen LogP contribution in [0.15, 0.2) is 79.4 Å². The highest BCUT2D eigenvalue weighted by Crippen LogP contribution is 2.36. The predicted octanol–water partition coefficient (Wildman–Crippen LogP) is 5.87. The van der Waals surface area contributed by atoms with E-state index in [1.165, 1.54) is 37.9 Å². The van der Waals surface area contributed by atoms with Gasteiger partial charge in [0, 0.05) is 0 Å². The first-order chi connectivity index (χ1) is 10.4. The van der Waals surface area contributed by atoms with Crippen molar-refractivity contribution in [1.82, 2.24) is 0 Å². The van der Waals surface area contributed by atoms with Gasteiger partial charge in [-0.05, 0) is 44.3 Å². The molecule has 0 aliphatic carbocycles. The van der Waals surface area contributed by atoms with Crippen molar-refractivity contribution in [3.8, 4) is 0 Å². The van der Waals surface area contributed by atoms with E-state index >= 15 is 0 Å². The average Bonchev–Trinajstić information content (AvgIpc) is 2.55. The van der Waals surface area contributed by atoms with Crippen LogP contribution in [0.5, 0.6) is 0 Å². The maximum absolute atomic E-state index is 3.91. The van der Waals surface area contributed by atoms with Gasteiger partial charge in [0.1, 0.15) is 0 Å². The zero-order valence-electron chi connectivity index (χ0n) is 11.8. The largest absolute Gasteiger partial charge is 0.103 e. The van der Waals surface area contributed by atoms with Gasteiger partial charge < -0.3 is 0 Å². The molecule has 21 heavy (non-hydrogen) atoms. The molecule has 0 unspecified atom stereocenters. The van der Waals surface area contributed by atoms with Gasteiger partial charge in [-0.25, -0.2) is 0 Å². The van der Waals surface area contributed by atoms with Crippen LogP contribution in [0.3, 0.4) is 0 Å². The molecule has 0 heteroatoms. The van der Waals surface area contributed by atoms with Crippen molar-refractivity contribution in [2.45, 2.75) is 6.42 Å². The molecule has 0 aliphatic heterocycles. The zero-order valence-corrected chi connectivity index (χ0v) is 11.8. The molecule has 4 aromatic carbocycles. The molecule has 0 nitrogen and oxygen atoms in total. The van der Waals surface area contributed by atoms with E-state index in [0.29, 0.717) is 0 Å². The lowest BCUT2D eigenvalue weighted by molar-refractivity contribution is 1.31. The first kappa shape index (κ1) is 12.2. The van der Waals surface area contributed by atoms with E-state index in [9.17, 15) is 0 Å². The highest BCUT2D eigenvalue weighted by Gasteiger charge is 2.10. The van der Waals surface area contributed by atoms with Gasteiger partial charge in [0.2, 0.25) is 0 Å². The first-order valence-corrected chi connectivity index (χ1v) is 7.32. The summed E-state index contributed by atoms with van der Waals surface area (Å²) in [7, 11) is 0. The van der Waals surface area contributed by atoms with Gasteiger partial charge in [-0.15, -0.1) is 6.58 Å². The minimum atomic E-state index is 0.902. The second-order valence-electron chi connectivity index (χ2n) is 5.42. The molecule has 0 radical (unpaired) electrons. The SMILES string of the molecule is C=CCc1cccc2c3ccccc3c3ccccc3c12. The Balaban J connectivity index is 2.36. The molecule has 0 bridgehead atoms. The molecule has 4 rings (SSSR count). The molecule has 0 amide bonds. The maximum atomic E-state index is 3.91. The Morgan fingerprint density at radius 1 is 0.619 bits per heavy atom. The topological polar surface area (TPSA) is 0 Å². The molecule has 0 aromatic heterocycles. The molecule has 0 aliphatic rings. The first-order valence-electron chi connectivity index (χ1n) is 7.32. The summed E-state index contributed by atoms with van der Waals surface area (Å²) in [5, 5.41) is 8.03. The van der Waals surface area contributed by atoms with Crippen molar-refractivity contribution in [1.29, 1.82) is 0 Å². The van der Waals surface area contributed by atoms with Gasteiger partial charge in [0.15, 0.2) is 0 Å². The average molecular weight is 268 g/mol. The lowest BCUT2D eigenvalue weighted by atomic mass is 9.91. The molecule has 0 N–H and O–H groups in total. The Labute approximate surface area is 124 Å². The van der Waals surface area contributed by atoms with E-state index in [1.807, 2.05) is 6.08 Å². The van der Waals surface area contributed by atoms with Crippen LogP contribution in [0.2, 0.25) is 0 Å². The lowest BCUT2D eigenvalue weighted by Gasteiger charge is -2.13. The van der Waals surface area contributed by atoms with Crippen molar-refractivity contribution in [2.75, 3.05) is 0 Å². The summed E-state index contributed by atoms with van der Waals surface area (Å²) in [4.78, 5) is 0. The zero-order chi connectivity index (χ0) is 14.2. The number of hydrogen-bond donors (Lipinski definition) is 0. The standard InChI is InChI=1S/C21H16/c1-2-8-15-9-7-14-20-18-11-4-3-10-16(18)17-12-5-6-13-19(17)21(15)20/h2-7,9-14H,1,8H2. The monoisotopic (exact) mass is 268 g/mol. The minimum Gasteiger partial charge on any atom is -0.103 e. The van der Waals surface area contributed by atoms with E-state index in [2.05, 4.69) is 73.3 Å². The van der Waals surface area contributed by atoms with E-state index in [0.717, 1.165) is 6.42 Å². The number of rotatable bonds is 2. The summed E-state index contributed by atoms with van der Waals surface area (Å²) < 4.78 is 0. The van der Waals surface area contributed by atoms with Crippen molar-refractivity contribution < 1.29 is 0 Å². The van der Waals surface area contributed by atoms with Crippen LogP contribution in [0.25, 0.3) is 32.3 Å². The fourth-order valence-electron chi connectivity index (χ4n) is 3.36. The molecule has 100 valence electrons. The molecular weight excluding hydrogens is 252 g/mol. The second-order valence-corrected chi connectivity index (χ2v) is 5.42. The summed E-state index contributed by atoms with van der Waals surface area (Å²) in [6.45, 7) is 3.91. The summed E-state index contributed by atoms with van der Waals surface area (Å²) in [6.07, 6.45) is 2.89. The smallest absolute Gasteiger partial charge is 0.00637 e. The second kappa shape index (κ2) is 4.75. The third kappa shape index (κ3) is 1.76. The van der Waals surface area contributed by atoms with Crippen LogP contribution in [0.4, 0.5) is 0 Å². The van der Waals surface area contributed by atoms with Crippen LogP contribution in [-0.4, -0.2) is 0 Å². The molecule has 0 atom stereocenters. The highest BCUT2D eigenvalue weighted by molar-refractivity contribution is 6.26. The molecular formula is C21H16. The number of allylic oxidation sites excluding steroid dienone is 1. The molecule has 0 spiro atoms. The highest BCUT2D eigenvalue weighted by atomic mass is 14.1. The Hall–Kier alpha value is -2.60. The lowest BCUT2D eigenvalue weighted by Crippen LogP contribution is -1.88. The van der Waals surface area contributed by atoms with Crippen molar-refractivity contribution in [3.05, 3.63) is 84.9 Å². The van der Waals surface area contributed by atoms with Crippen molar-refractivity contribution >= 4 is 32.3 Å². The maximum Gasteiger partial charge on any atom is -0.00637 e. The molecule has 0 saturated carbocycles. The third-order valence-electron chi connectivity index (χ3n) is 4.22. The molecule has 0 saturated heterocycles. The Bertz CT molecular complexity index is 932. The van der Waals surface area contributed by atoms with Crippen LogP contribution in [-0.2, 0) is 6.42 Å². The Kier molecular flexibility index (Phi) is 2.75. The fraction of sp³-hybridized carbons (Fsp3) is 0.0476. The van der Waals surface area contributed by atoms with Gasteiger partial charge >= 0.3 is 0 Å². The molecule has 0 fully saturated rings. The summed E-state index contributed by atoms with van der Waals surface area (Å²) >= 11 is 0. The summed E-state index contributed by atoms with van der Waals surface area (Å²) in [6, 6.07) is 24.0. The number of benzene rings is 4. The van der Waals surface area contributed by atoms with Gasteiger partial charge in [-0.2, -0.15) is 0 Å². The van der Waals surface area contributed by atoms with Gasteiger partial charge in [-0.1, -0.05) is 72.8 Å². The van der Waals surface area contributed by atoms with Gasteiger partial charge in [-0.3, -0.25) is 0 Å². The van der Waals surface area contributed by atoms with Crippen molar-refractivity contribution in [2.24, 2.45) is 0 Å². The van der Waals surface area contributed by atoms with Gasteiger partial charge in [0.25, 0.3) is 0 Å². The van der Waals surface area contributed by atoms with Gasteiger partial charge in [0.05, 0.1) is 0 Å². The van der Waals surface area contributed by atoms with E-state index in [1.54, 1.807) is 0 Å². The predicted molar refractivity (Wildman–Crippen MR) is 92.9 cm³/mol. The fourth-order valence-corrected chi connectivity index (χ4v) is 3.36. The van der Waals surface area contributed by atoms with Crippen LogP contribution in [0.1, 0.15) is 5.56 Å². The molecule has 4 aromatic rings. The van der Waals surface area contributed by atoms with E-state index in [4.69, 9.17) is 0 Å². The quantitative estimate of drug-likeness (QED) is 0.315. The van der Waals surface area contributed by atoms with Crippen LogP contribution in [0, 0.1) is 0 Å².